The van der Waals surface area contributed by atoms with E-state index in [1.54, 1.807) is 0 Å². The van der Waals surface area contributed by atoms with Gasteiger partial charge in [0, 0.05) is 19.6 Å². The first-order chi connectivity index (χ1) is 7.25. The fraction of sp³-hybridized carbons (Fsp3) is 0.750. The summed E-state index contributed by atoms with van der Waals surface area (Å²) in [5.41, 5.74) is 0. The first-order valence-corrected chi connectivity index (χ1v) is 6.40. The predicted molar refractivity (Wildman–Crippen MR) is 62.7 cm³/mol. The smallest absolute Gasteiger partial charge is 0.218 e. The fourth-order valence-corrected chi connectivity index (χ4v) is 2.52. The third kappa shape index (κ3) is 3.24. The third-order valence-corrected chi connectivity index (χ3v) is 3.26. The second-order valence-corrected chi connectivity index (χ2v) is 4.75. The lowest BCUT2D eigenvalue weighted by atomic mass is 10.4. The molecule has 1 aromatic rings. The van der Waals surface area contributed by atoms with Gasteiger partial charge in [-0.25, -0.2) is 4.68 Å². The third-order valence-electron chi connectivity index (χ3n) is 2.33. The molecule has 0 unspecified atom stereocenters. The minimum atomic E-state index is 0.622. The minimum absolute atomic E-state index is 0.622. The van der Waals surface area contributed by atoms with Gasteiger partial charge >= 0.3 is 0 Å². The van der Waals surface area contributed by atoms with Gasteiger partial charge in [0.2, 0.25) is 4.73 Å². The summed E-state index contributed by atoms with van der Waals surface area (Å²) in [6.45, 7) is 5.52. The van der Waals surface area contributed by atoms with E-state index in [4.69, 9.17) is 4.74 Å². The van der Waals surface area contributed by atoms with Crippen LogP contribution in [0.1, 0.15) is 0 Å². The average Bonchev–Trinajstić information content (AvgIpc) is 2.56. The van der Waals surface area contributed by atoms with Crippen molar-refractivity contribution in [3.63, 3.8) is 0 Å². The number of nitrogens with zero attached hydrogens (tertiary/aromatic N) is 4. The van der Waals surface area contributed by atoms with Gasteiger partial charge in [0.25, 0.3) is 0 Å². The van der Waals surface area contributed by atoms with Gasteiger partial charge in [0.15, 0.2) is 4.73 Å². The molecule has 0 aromatic carbocycles. The molecular weight excluding hydrogens is 328 g/mol. The number of hydrogen-bond acceptors (Lipinski definition) is 4. The van der Waals surface area contributed by atoms with Gasteiger partial charge in [0.1, 0.15) is 0 Å². The topological polar surface area (TPSA) is 43.2 Å². The molecule has 1 fully saturated rings. The van der Waals surface area contributed by atoms with Crippen LogP contribution in [0.15, 0.2) is 9.47 Å². The Bertz CT molecular complexity index is 324. The van der Waals surface area contributed by atoms with Crippen LogP contribution in [0, 0.1) is 0 Å². The zero-order valence-corrected chi connectivity index (χ0v) is 11.4. The quantitative estimate of drug-likeness (QED) is 0.828. The number of ether oxygens (including phenoxy) is 1. The molecule has 1 aliphatic heterocycles. The van der Waals surface area contributed by atoms with Crippen LogP contribution < -0.4 is 0 Å². The molecule has 5 nitrogen and oxygen atoms in total. The highest BCUT2D eigenvalue weighted by Gasteiger charge is 2.11. The SMILES string of the molecule is Brc1nc(Br)n(CCN2CCOCC2)n1. The average molecular weight is 340 g/mol. The summed E-state index contributed by atoms with van der Waals surface area (Å²) in [5.74, 6) is 0. The summed E-state index contributed by atoms with van der Waals surface area (Å²) in [5, 5.41) is 4.21. The van der Waals surface area contributed by atoms with Crippen molar-refractivity contribution in [2.45, 2.75) is 6.54 Å². The van der Waals surface area contributed by atoms with Gasteiger partial charge in [-0.15, -0.1) is 5.10 Å². The van der Waals surface area contributed by atoms with E-state index in [1.807, 2.05) is 4.68 Å². The standard InChI is InChI=1S/C8H12Br2N4O/c9-7-11-8(10)14(12-7)2-1-13-3-5-15-6-4-13/h1-6H2. The molecule has 0 bridgehead atoms. The summed E-state index contributed by atoms with van der Waals surface area (Å²) < 4.78 is 8.52. The highest BCUT2D eigenvalue weighted by molar-refractivity contribution is 9.11. The molecule has 15 heavy (non-hydrogen) atoms. The van der Waals surface area contributed by atoms with Crippen molar-refractivity contribution in [3.8, 4) is 0 Å². The molecule has 1 saturated heterocycles. The van der Waals surface area contributed by atoms with Crippen molar-refractivity contribution in [3.05, 3.63) is 9.47 Å². The zero-order chi connectivity index (χ0) is 10.7. The second-order valence-electron chi connectivity index (χ2n) is 3.33. The lowest BCUT2D eigenvalue weighted by Crippen LogP contribution is -2.38. The Kier molecular flexibility index (Phi) is 4.13. The predicted octanol–water partition coefficient (Wildman–Crippen LogP) is 1.14. The Labute approximate surface area is 105 Å². The number of hydrogen-bond donors (Lipinski definition) is 0. The number of rotatable bonds is 3. The highest BCUT2D eigenvalue weighted by atomic mass is 79.9. The summed E-state index contributed by atoms with van der Waals surface area (Å²) in [4.78, 5) is 6.48. The molecule has 2 rings (SSSR count). The van der Waals surface area contributed by atoms with Crippen molar-refractivity contribution in [1.29, 1.82) is 0 Å². The van der Waals surface area contributed by atoms with Gasteiger partial charge in [-0.3, -0.25) is 4.90 Å². The maximum absolute atomic E-state index is 5.29. The van der Waals surface area contributed by atoms with Crippen LogP contribution in [0.2, 0.25) is 0 Å². The van der Waals surface area contributed by atoms with E-state index in [9.17, 15) is 0 Å². The van der Waals surface area contributed by atoms with E-state index in [0.717, 1.165) is 44.1 Å². The largest absolute Gasteiger partial charge is 0.379 e. The molecule has 7 heteroatoms. The molecule has 0 atom stereocenters. The first kappa shape index (κ1) is 11.5. The van der Waals surface area contributed by atoms with Crippen LogP contribution in [-0.4, -0.2) is 52.5 Å². The molecule has 0 aliphatic carbocycles. The minimum Gasteiger partial charge on any atom is -0.379 e. The van der Waals surface area contributed by atoms with Crippen LogP contribution in [-0.2, 0) is 11.3 Å². The molecule has 0 radical (unpaired) electrons. The van der Waals surface area contributed by atoms with Gasteiger partial charge in [0.05, 0.1) is 19.8 Å². The Balaban J connectivity index is 1.84. The van der Waals surface area contributed by atoms with Crippen LogP contribution in [0.3, 0.4) is 0 Å². The Morgan fingerprint density at radius 3 is 2.53 bits per heavy atom. The number of halogens is 2. The lowest BCUT2D eigenvalue weighted by Gasteiger charge is -2.26. The van der Waals surface area contributed by atoms with Crippen LogP contribution in [0.25, 0.3) is 0 Å². The molecule has 0 spiro atoms. The summed E-state index contributed by atoms with van der Waals surface area (Å²) in [7, 11) is 0. The fourth-order valence-electron chi connectivity index (χ4n) is 1.50. The van der Waals surface area contributed by atoms with E-state index < -0.39 is 0 Å². The molecule has 0 N–H and O–H groups in total. The number of aromatic nitrogens is 3. The van der Waals surface area contributed by atoms with Gasteiger partial charge in [-0.05, 0) is 31.9 Å². The molecule has 1 aliphatic rings. The van der Waals surface area contributed by atoms with Crippen LogP contribution >= 0.6 is 31.9 Å². The molecule has 0 saturated carbocycles. The summed E-state index contributed by atoms with van der Waals surface area (Å²) in [6.07, 6.45) is 0. The highest BCUT2D eigenvalue weighted by Crippen LogP contribution is 2.11. The molecule has 2 heterocycles. The van der Waals surface area contributed by atoms with Crippen LogP contribution in [0.4, 0.5) is 0 Å². The zero-order valence-electron chi connectivity index (χ0n) is 8.20. The summed E-state index contributed by atoms with van der Waals surface area (Å²) >= 11 is 6.60. The monoisotopic (exact) mass is 338 g/mol. The van der Waals surface area contributed by atoms with E-state index in [1.165, 1.54) is 0 Å². The Morgan fingerprint density at radius 1 is 1.20 bits per heavy atom. The molecular formula is C8H12Br2N4O. The van der Waals surface area contributed by atoms with Crippen molar-refractivity contribution in [1.82, 2.24) is 19.7 Å². The van der Waals surface area contributed by atoms with E-state index in [2.05, 4.69) is 46.8 Å². The van der Waals surface area contributed by atoms with Crippen molar-refractivity contribution < 1.29 is 4.74 Å². The second kappa shape index (κ2) is 5.38. The van der Waals surface area contributed by atoms with Crippen LogP contribution in [0.5, 0.6) is 0 Å². The summed E-state index contributed by atoms with van der Waals surface area (Å²) in [6, 6.07) is 0. The molecule has 84 valence electrons. The lowest BCUT2D eigenvalue weighted by molar-refractivity contribution is 0.0358. The van der Waals surface area contributed by atoms with E-state index >= 15 is 0 Å². The first-order valence-electron chi connectivity index (χ1n) is 4.81. The Hall–Kier alpha value is 0.0200. The normalized spacial score (nSPS) is 18.3. The van der Waals surface area contributed by atoms with Crippen molar-refractivity contribution in [2.24, 2.45) is 0 Å². The van der Waals surface area contributed by atoms with Crippen molar-refractivity contribution in [2.75, 3.05) is 32.8 Å². The van der Waals surface area contributed by atoms with Crippen molar-refractivity contribution >= 4 is 31.9 Å². The van der Waals surface area contributed by atoms with E-state index in [0.29, 0.717) is 4.73 Å². The number of morpholine rings is 1. The van der Waals surface area contributed by atoms with E-state index in [-0.39, 0.29) is 0 Å². The van der Waals surface area contributed by atoms with Gasteiger partial charge < -0.3 is 4.74 Å². The molecule has 1 aromatic heterocycles. The maximum atomic E-state index is 5.29. The maximum Gasteiger partial charge on any atom is 0.218 e. The van der Waals surface area contributed by atoms with Gasteiger partial charge in [-0.2, -0.15) is 4.98 Å². The van der Waals surface area contributed by atoms with Gasteiger partial charge in [-0.1, -0.05) is 0 Å². The molecule has 0 amide bonds. The Morgan fingerprint density at radius 2 is 1.93 bits per heavy atom.